The number of aliphatic hydroxyl groups is 10. The molecule has 2 saturated heterocycles. The Morgan fingerprint density at radius 2 is 0.914 bits per heavy atom. The zero-order valence-electron chi connectivity index (χ0n) is 43.5. The molecule has 0 bridgehead atoms. The largest absolute Gasteiger partial charge is 0.394 e. The zero-order valence-corrected chi connectivity index (χ0v) is 43.5. The van der Waals surface area contributed by atoms with Gasteiger partial charge in [-0.3, -0.25) is 4.79 Å². The number of unbranched alkanes of at least 4 members (excludes halogenated alkanes) is 28. The van der Waals surface area contributed by atoms with E-state index in [2.05, 4.69) is 19.2 Å². The number of hydrogen-bond donors (Lipinski definition) is 11. The molecule has 16 heteroatoms. The number of nitrogens with one attached hydrogen (secondary N) is 1. The fourth-order valence-electron chi connectivity index (χ4n) is 9.35. The first-order chi connectivity index (χ1) is 33.9. The maximum Gasteiger partial charge on any atom is 0.249 e. The van der Waals surface area contributed by atoms with Crippen LogP contribution in [0.5, 0.6) is 0 Å². The summed E-state index contributed by atoms with van der Waals surface area (Å²) < 4.78 is 22.4. The van der Waals surface area contributed by atoms with Crippen molar-refractivity contribution in [2.45, 2.75) is 305 Å². The van der Waals surface area contributed by atoms with E-state index in [9.17, 15) is 55.9 Å². The number of carbonyl (C=O) groups is 1. The number of aliphatic hydroxyl groups excluding tert-OH is 10. The summed E-state index contributed by atoms with van der Waals surface area (Å²) in [6, 6.07) is -1.30. The van der Waals surface area contributed by atoms with Gasteiger partial charge < -0.3 is 75.3 Å². The maximum atomic E-state index is 13.3. The summed E-state index contributed by atoms with van der Waals surface area (Å²) in [5.41, 5.74) is 0. The number of rotatable bonds is 44. The molecule has 2 aliphatic heterocycles. The average Bonchev–Trinajstić information content (AvgIpc) is 3.36. The minimum atomic E-state index is -1.83. The predicted molar refractivity (Wildman–Crippen MR) is 271 cm³/mol. The molecule has 0 aromatic carbocycles. The van der Waals surface area contributed by atoms with Gasteiger partial charge >= 0.3 is 0 Å². The van der Waals surface area contributed by atoms with E-state index in [-0.39, 0.29) is 12.8 Å². The first-order valence-corrected chi connectivity index (χ1v) is 28.1. The van der Waals surface area contributed by atoms with E-state index < -0.39 is 111 Å². The van der Waals surface area contributed by atoms with Crippen molar-refractivity contribution >= 4 is 5.91 Å². The molecule has 0 aromatic heterocycles. The minimum Gasteiger partial charge on any atom is -0.394 e. The minimum absolute atomic E-state index is 0.0672. The van der Waals surface area contributed by atoms with Crippen molar-refractivity contribution in [3.8, 4) is 0 Å². The molecule has 414 valence electrons. The maximum absolute atomic E-state index is 13.3. The third kappa shape index (κ3) is 27.3. The van der Waals surface area contributed by atoms with Crippen molar-refractivity contribution in [3.05, 3.63) is 12.2 Å². The van der Waals surface area contributed by atoms with Gasteiger partial charge in [0.15, 0.2) is 12.6 Å². The summed E-state index contributed by atoms with van der Waals surface area (Å²) in [7, 11) is 0. The van der Waals surface area contributed by atoms with Gasteiger partial charge in [-0.15, -0.1) is 0 Å². The van der Waals surface area contributed by atoms with E-state index in [1.807, 2.05) is 6.08 Å². The molecule has 14 atom stereocenters. The Bertz CT molecular complexity index is 1270. The van der Waals surface area contributed by atoms with E-state index in [0.29, 0.717) is 6.42 Å². The summed E-state index contributed by atoms with van der Waals surface area (Å²) >= 11 is 0. The molecule has 2 heterocycles. The predicted octanol–water partition coefficient (Wildman–Crippen LogP) is 6.27. The third-order valence-corrected chi connectivity index (χ3v) is 14.2. The van der Waals surface area contributed by atoms with Crippen LogP contribution in [-0.4, -0.2) is 163 Å². The second-order valence-corrected chi connectivity index (χ2v) is 20.4. The van der Waals surface area contributed by atoms with Crippen LogP contribution in [0.25, 0.3) is 0 Å². The summed E-state index contributed by atoms with van der Waals surface area (Å²) in [5.74, 6) is -0.773. The van der Waals surface area contributed by atoms with E-state index >= 15 is 0 Å². The molecule has 0 saturated carbocycles. The molecule has 0 radical (unpaired) electrons. The van der Waals surface area contributed by atoms with E-state index in [1.165, 1.54) is 148 Å². The Morgan fingerprint density at radius 3 is 1.37 bits per heavy atom. The van der Waals surface area contributed by atoms with Gasteiger partial charge in [0, 0.05) is 0 Å². The van der Waals surface area contributed by atoms with Gasteiger partial charge in [-0.1, -0.05) is 206 Å². The van der Waals surface area contributed by atoms with Crippen molar-refractivity contribution in [2.24, 2.45) is 0 Å². The lowest BCUT2D eigenvalue weighted by Crippen LogP contribution is -2.62. The lowest BCUT2D eigenvalue weighted by molar-refractivity contribution is -0.331. The fraction of sp³-hybridized carbons (Fsp3) is 0.944. The van der Waals surface area contributed by atoms with Crippen LogP contribution < -0.4 is 5.32 Å². The summed E-state index contributed by atoms with van der Waals surface area (Å²) in [6.45, 7) is 2.65. The molecule has 11 N–H and O–H groups in total. The van der Waals surface area contributed by atoms with E-state index in [1.54, 1.807) is 6.08 Å². The van der Waals surface area contributed by atoms with Gasteiger partial charge in [0.25, 0.3) is 0 Å². The highest BCUT2D eigenvalue weighted by molar-refractivity contribution is 5.80. The van der Waals surface area contributed by atoms with E-state index in [4.69, 9.17) is 18.9 Å². The van der Waals surface area contributed by atoms with Crippen molar-refractivity contribution in [3.63, 3.8) is 0 Å². The fourth-order valence-corrected chi connectivity index (χ4v) is 9.35. The van der Waals surface area contributed by atoms with Gasteiger partial charge in [0.05, 0.1) is 32.0 Å². The molecular formula is C54H103NO15. The Labute approximate surface area is 421 Å². The zero-order chi connectivity index (χ0) is 51.4. The van der Waals surface area contributed by atoms with Gasteiger partial charge in [-0.05, 0) is 25.7 Å². The van der Waals surface area contributed by atoms with Crippen LogP contribution in [0.4, 0.5) is 0 Å². The molecule has 2 rings (SSSR count). The molecule has 0 spiro atoms. The number of ether oxygens (including phenoxy) is 4. The average molecular weight is 1010 g/mol. The van der Waals surface area contributed by atoms with Crippen LogP contribution in [0.2, 0.25) is 0 Å². The molecule has 0 aliphatic carbocycles. The molecule has 2 aliphatic rings. The summed E-state index contributed by atoms with van der Waals surface area (Å²) in [4.78, 5) is 13.3. The molecule has 1 amide bonds. The van der Waals surface area contributed by atoms with Crippen molar-refractivity contribution < 1.29 is 74.8 Å². The number of hydrogen-bond acceptors (Lipinski definition) is 15. The SMILES string of the molecule is CCCCCCCCCCCC=CCC(O)C(O)C(COC1OC(COC2OC(CO)C(O)C(O)C2O)C(O)C(O)C1O)NC(=O)C(O)CCCCCCCCCCCCCCCCCCCCCC. The van der Waals surface area contributed by atoms with Gasteiger partial charge in [-0.25, -0.2) is 0 Å². The topological polar surface area (TPSA) is 268 Å². The van der Waals surface area contributed by atoms with Crippen LogP contribution in [-0.2, 0) is 23.7 Å². The van der Waals surface area contributed by atoms with Crippen molar-refractivity contribution in [2.75, 3.05) is 19.8 Å². The van der Waals surface area contributed by atoms with Crippen LogP contribution in [0.3, 0.4) is 0 Å². The highest BCUT2D eigenvalue weighted by Gasteiger charge is 2.48. The highest BCUT2D eigenvalue weighted by atomic mass is 16.7. The van der Waals surface area contributed by atoms with Gasteiger partial charge in [0.1, 0.15) is 61.0 Å². The smallest absolute Gasteiger partial charge is 0.249 e. The quantitative estimate of drug-likeness (QED) is 0.0237. The highest BCUT2D eigenvalue weighted by Crippen LogP contribution is 2.27. The monoisotopic (exact) mass is 1010 g/mol. The van der Waals surface area contributed by atoms with Crippen molar-refractivity contribution in [1.29, 1.82) is 0 Å². The normalized spacial score (nSPS) is 26.9. The lowest BCUT2D eigenvalue weighted by Gasteiger charge is -2.43. The molecule has 2 fully saturated rings. The van der Waals surface area contributed by atoms with Crippen LogP contribution in [0.1, 0.15) is 219 Å². The standard InChI is InChI=1S/C54H103NO15/c1-3-5-7-9-11-13-15-17-18-19-20-21-22-23-24-26-28-30-32-34-36-42(58)52(66)55-40(45(59)41(57)35-33-31-29-27-25-16-14-12-10-8-6-4-2)38-67-53-51(65)49(63)47(61)44(70-53)39-68-54-50(64)48(62)46(60)43(37-56)69-54/h31,33,40-51,53-54,56-65H,3-30,32,34-39H2,1-2H3,(H,55,66). The molecule has 14 unspecified atom stereocenters. The molecule has 0 aromatic rings. The molecule has 16 nitrogen and oxygen atoms in total. The third-order valence-electron chi connectivity index (χ3n) is 14.2. The number of carbonyl (C=O) groups excluding carboxylic acids is 1. The van der Waals surface area contributed by atoms with Crippen LogP contribution in [0, 0.1) is 0 Å². The Kier molecular flexibility index (Phi) is 37.9. The molecule has 70 heavy (non-hydrogen) atoms. The Hall–Kier alpha value is -1.35. The second-order valence-electron chi connectivity index (χ2n) is 20.4. The second kappa shape index (κ2) is 41.0. The van der Waals surface area contributed by atoms with Gasteiger partial charge in [0.2, 0.25) is 5.91 Å². The van der Waals surface area contributed by atoms with Crippen LogP contribution in [0.15, 0.2) is 12.2 Å². The first-order valence-electron chi connectivity index (χ1n) is 28.1. The first kappa shape index (κ1) is 64.8. The number of allylic oxidation sites excluding steroid dienone is 1. The number of amides is 1. The van der Waals surface area contributed by atoms with Crippen LogP contribution >= 0.6 is 0 Å². The van der Waals surface area contributed by atoms with E-state index in [0.717, 1.165) is 38.5 Å². The van der Waals surface area contributed by atoms with Gasteiger partial charge in [-0.2, -0.15) is 0 Å². The molecular weight excluding hydrogens is 903 g/mol. The Morgan fingerprint density at radius 1 is 0.514 bits per heavy atom. The summed E-state index contributed by atoms with van der Waals surface area (Å²) in [5, 5.41) is 108. The lowest BCUT2D eigenvalue weighted by atomic mass is 9.98. The summed E-state index contributed by atoms with van der Waals surface area (Å²) in [6.07, 6.45) is 19.9. The van der Waals surface area contributed by atoms with Crippen molar-refractivity contribution in [1.82, 2.24) is 5.32 Å². The Balaban J connectivity index is 1.84.